The van der Waals surface area contributed by atoms with Crippen molar-refractivity contribution in [3.8, 4) is 0 Å². The van der Waals surface area contributed by atoms with Crippen LogP contribution in [0.5, 0.6) is 0 Å². The Balaban J connectivity index is 1.43. The lowest BCUT2D eigenvalue weighted by Gasteiger charge is -2.26. The van der Waals surface area contributed by atoms with E-state index in [9.17, 15) is 17.6 Å². The summed E-state index contributed by atoms with van der Waals surface area (Å²) in [4.78, 5) is 12.3. The van der Waals surface area contributed by atoms with Gasteiger partial charge in [0.05, 0.1) is 19.0 Å². The molecule has 168 valence electrons. The van der Waals surface area contributed by atoms with Gasteiger partial charge >= 0.3 is 0 Å². The van der Waals surface area contributed by atoms with Crippen LogP contribution in [0.2, 0.25) is 5.02 Å². The minimum absolute atomic E-state index is 0.107. The van der Waals surface area contributed by atoms with Gasteiger partial charge in [0, 0.05) is 47.3 Å². The van der Waals surface area contributed by atoms with Crippen LogP contribution in [0.1, 0.15) is 21.5 Å². The van der Waals surface area contributed by atoms with Crippen molar-refractivity contribution >= 4 is 39.3 Å². The zero-order valence-corrected chi connectivity index (χ0v) is 19.2. The van der Waals surface area contributed by atoms with Crippen molar-refractivity contribution in [1.82, 2.24) is 9.62 Å². The monoisotopic (exact) mass is 486 g/mol. The lowest BCUT2D eigenvalue weighted by Crippen LogP contribution is -2.41. The van der Waals surface area contributed by atoms with Crippen LogP contribution in [0, 0.1) is 5.82 Å². The van der Waals surface area contributed by atoms with Crippen LogP contribution in [0.4, 0.5) is 4.39 Å². The summed E-state index contributed by atoms with van der Waals surface area (Å²) in [6, 6.07) is 11.1. The van der Waals surface area contributed by atoms with Crippen molar-refractivity contribution in [2.45, 2.75) is 11.5 Å². The zero-order chi connectivity index (χ0) is 22.3. The summed E-state index contributed by atoms with van der Waals surface area (Å²) in [7, 11) is -3.41. The van der Waals surface area contributed by atoms with Crippen molar-refractivity contribution in [2.75, 3.05) is 38.6 Å². The third-order valence-corrected chi connectivity index (χ3v) is 7.96. The molecule has 6 nitrogen and oxygen atoms in total. The number of benzene rings is 2. The lowest BCUT2D eigenvalue weighted by molar-refractivity contribution is 0.0729. The molecule has 1 fully saturated rings. The number of amides is 1. The van der Waals surface area contributed by atoms with Gasteiger partial charge in [-0.05, 0) is 29.8 Å². The fourth-order valence-corrected chi connectivity index (χ4v) is 5.76. The molecule has 31 heavy (non-hydrogen) atoms. The number of rotatable bonds is 9. The first-order chi connectivity index (χ1) is 14.9. The molecule has 1 heterocycles. The Hall–Kier alpha value is -1.65. The van der Waals surface area contributed by atoms with Crippen LogP contribution in [0.3, 0.4) is 0 Å². The minimum Gasteiger partial charge on any atom is -0.379 e. The van der Waals surface area contributed by atoms with Gasteiger partial charge in [-0.3, -0.25) is 4.79 Å². The van der Waals surface area contributed by atoms with E-state index in [0.29, 0.717) is 66.1 Å². The van der Waals surface area contributed by atoms with Crippen LogP contribution >= 0.6 is 23.4 Å². The summed E-state index contributed by atoms with van der Waals surface area (Å²) >= 11 is 7.48. The maximum absolute atomic E-state index is 13.7. The Kier molecular flexibility index (Phi) is 8.74. The number of thioether (sulfide) groups is 1. The summed E-state index contributed by atoms with van der Waals surface area (Å²) in [6.07, 6.45) is 0. The maximum atomic E-state index is 13.7. The van der Waals surface area contributed by atoms with Gasteiger partial charge in [-0.2, -0.15) is 16.1 Å². The van der Waals surface area contributed by atoms with E-state index in [1.54, 1.807) is 36.4 Å². The maximum Gasteiger partial charge on any atom is 0.251 e. The number of morpholine rings is 1. The van der Waals surface area contributed by atoms with Gasteiger partial charge in [-0.15, -0.1) is 0 Å². The molecule has 10 heteroatoms. The van der Waals surface area contributed by atoms with Crippen LogP contribution in [0.25, 0.3) is 0 Å². The van der Waals surface area contributed by atoms with Gasteiger partial charge in [-0.25, -0.2) is 12.8 Å². The first-order valence-corrected chi connectivity index (χ1v) is 12.9. The first kappa shape index (κ1) is 24.0. The van der Waals surface area contributed by atoms with Crippen molar-refractivity contribution in [1.29, 1.82) is 0 Å². The molecule has 1 aliphatic rings. The van der Waals surface area contributed by atoms with Gasteiger partial charge in [0.25, 0.3) is 5.91 Å². The molecule has 3 rings (SSSR count). The van der Waals surface area contributed by atoms with Crippen molar-refractivity contribution in [3.05, 3.63) is 70.0 Å². The highest BCUT2D eigenvalue weighted by atomic mass is 35.5. The molecular formula is C21H24ClFN2O4S2. The highest BCUT2D eigenvalue weighted by molar-refractivity contribution is 7.98. The summed E-state index contributed by atoms with van der Waals surface area (Å²) in [5.74, 6) is 0.344. The fourth-order valence-electron chi connectivity index (χ4n) is 3.06. The number of hydrogen-bond donors (Lipinski definition) is 1. The Morgan fingerprint density at radius 3 is 2.55 bits per heavy atom. The number of sulfonamides is 1. The van der Waals surface area contributed by atoms with Crippen molar-refractivity contribution in [3.63, 3.8) is 0 Å². The quantitative estimate of drug-likeness (QED) is 0.550. The van der Waals surface area contributed by atoms with Gasteiger partial charge in [0.1, 0.15) is 5.82 Å². The number of halogens is 2. The molecule has 1 amide bonds. The zero-order valence-electron chi connectivity index (χ0n) is 16.9. The van der Waals surface area contributed by atoms with Gasteiger partial charge in [-0.1, -0.05) is 29.8 Å². The first-order valence-electron chi connectivity index (χ1n) is 9.80. The molecule has 0 aromatic heterocycles. The summed E-state index contributed by atoms with van der Waals surface area (Å²) in [5.41, 5.74) is 1.54. The standard InChI is InChI=1S/C21H24ClFN2O4S2/c22-19-2-1-3-20(23)18(19)14-30-13-8-24-21(26)17-6-4-16(5-7-17)15-31(27,28)25-9-11-29-12-10-25/h1-7H,8-15H2,(H,24,26). The van der Waals surface area contributed by atoms with E-state index in [0.717, 1.165) is 0 Å². The third-order valence-electron chi connectivity index (χ3n) is 4.77. The smallest absolute Gasteiger partial charge is 0.251 e. The highest BCUT2D eigenvalue weighted by Crippen LogP contribution is 2.23. The second-order valence-corrected chi connectivity index (χ2v) is 10.5. The van der Waals surface area contributed by atoms with Crippen molar-refractivity contribution < 1.29 is 22.3 Å². The molecule has 2 aromatic carbocycles. The number of carbonyl (C=O) groups excluding carboxylic acids is 1. The van der Waals surface area contributed by atoms with Crippen LogP contribution < -0.4 is 5.32 Å². The molecule has 1 saturated heterocycles. The summed E-state index contributed by atoms with van der Waals surface area (Å²) < 4.78 is 45.3. The summed E-state index contributed by atoms with van der Waals surface area (Å²) in [5, 5.41) is 3.20. The molecule has 0 radical (unpaired) electrons. The lowest BCUT2D eigenvalue weighted by atomic mass is 10.1. The molecule has 0 spiro atoms. The normalized spacial score (nSPS) is 15.0. The van der Waals surface area contributed by atoms with E-state index in [1.807, 2.05) is 0 Å². The number of hydrogen-bond acceptors (Lipinski definition) is 5. The number of nitrogens with zero attached hydrogens (tertiary/aromatic N) is 1. The number of carbonyl (C=O) groups is 1. The molecule has 2 aromatic rings. The number of nitrogens with one attached hydrogen (secondary N) is 1. The molecule has 0 aliphatic carbocycles. The second-order valence-electron chi connectivity index (χ2n) is 6.97. The molecule has 1 aliphatic heterocycles. The van der Waals surface area contributed by atoms with E-state index in [1.165, 1.54) is 22.1 Å². The Labute approximate surface area is 191 Å². The van der Waals surface area contributed by atoms with Crippen LogP contribution in [0.15, 0.2) is 42.5 Å². The van der Waals surface area contributed by atoms with Gasteiger partial charge < -0.3 is 10.1 Å². The van der Waals surface area contributed by atoms with E-state index < -0.39 is 10.0 Å². The molecule has 0 bridgehead atoms. The molecule has 0 unspecified atom stereocenters. The predicted octanol–water partition coefficient (Wildman–Crippen LogP) is 3.30. The molecule has 1 N–H and O–H groups in total. The van der Waals surface area contributed by atoms with Crippen LogP contribution in [-0.4, -0.2) is 57.2 Å². The SMILES string of the molecule is O=C(NCCSCc1c(F)cccc1Cl)c1ccc(CS(=O)(=O)N2CCOCC2)cc1. The Bertz CT molecular complexity index is 977. The highest BCUT2D eigenvalue weighted by Gasteiger charge is 2.24. The largest absolute Gasteiger partial charge is 0.379 e. The van der Waals surface area contributed by atoms with E-state index in [2.05, 4.69) is 5.32 Å². The number of ether oxygens (including phenoxy) is 1. The van der Waals surface area contributed by atoms with Gasteiger partial charge in [0.15, 0.2) is 0 Å². The topological polar surface area (TPSA) is 75.7 Å². The summed E-state index contributed by atoms with van der Waals surface area (Å²) in [6.45, 7) is 1.96. The Morgan fingerprint density at radius 2 is 1.87 bits per heavy atom. The molecular weight excluding hydrogens is 463 g/mol. The van der Waals surface area contributed by atoms with Crippen LogP contribution in [-0.2, 0) is 26.3 Å². The van der Waals surface area contributed by atoms with Gasteiger partial charge in [0.2, 0.25) is 10.0 Å². The third kappa shape index (κ3) is 6.92. The van der Waals surface area contributed by atoms with Crippen molar-refractivity contribution in [2.24, 2.45) is 0 Å². The van der Waals surface area contributed by atoms with E-state index in [4.69, 9.17) is 16.3 Å². The fraction of sp³-hybridized carbons (Fsp3) is 0.381. The minimum atomic E-state index is -3.41. The average Bonchev–Trinajstić information content (AvgIpc) is 2.76. The second kappa shape index (κ2) is 11.3. The Morgan fingerprint density at radius 1 is 1.16 bits per heavy atom. The predicted molar refractivity (Wildman–Crippen MR) is 121 cm³/mol. The van der Waals surface area contributed by atoms with E-state index >= 15 is 0 Å². The molecule has 0 atom stereocenters. The molecule has 0 saturated carbocycles. The van der Waals surface area contributed by atoms with E-state index in [-0.39, 0.29) is 17.5 Å². The average molecular weight is 487 g/mol.